The number of carbonyl (C=O) groups is 2. The van der Waals surface area contributed by atoms with Crippen molar-refractivity contribution in [3.63, 3.8) is 0 Å². The van der Waals surface area contributed by atoms with Crippen molar-refractivity contribution in [1.82, 2.24) is 10.5 Å². The average molecular weight is 419 g/mol. The number of primary amides is 1. The SMILES string of the molecule is CCc1cc(COc2ccc(CC3(C(N)=O)CC3C(=O)NO)cc2)c2ccccc2n1. The molecule has 2 aromatic carbocycles. The van der Waals surface area contributed by atoms with E-state index in [1.807, 2.05) is 48.5 Å². The third-order valence-electron chi connectivity index (χ3n) is 6.05. The molecule has 0 saturated heterocycles. The highest BCUT2D eigenvalue weighted by Crippen LogP contribution is 2.54. The van der Waals surface area contributed by atoms with E-state index < -0.39 is 23.1 Å². The number of nitrogens with one attached hydrogen (secondary N) is 1. The van der Waals surface area contributed by atoms with Gasteiger partial charge in [-0.15, -0.1) is 0 Å². The molecule has 160 valence electrons. The van der Waals surface area contributed by atoms with Crippen molar-refractivity contribution in [2.24, 2.45) is 17.1 Å². The van der Waals surface area contributed by atoms with Crippen LogP contribution in [0, 0.1) is 11.3 Å². The molecule has 3 aromatic rings. The molecule has 4 N–H and O–H groups in total. The number of nitrogens with zero attached hydrogens (tertiary/aromatic N) is 1. The molecule has 2 unspecified atom stereocenters. The first-order valence-corrected chi connectivity index (χ1v) is 10.3. The van der Waals surface area contributed by atoms with Gasteiger partial charge in [0.15, 0.2) is 0 Å². The molecule has 2 amide bonds. The Kier molecular flexibility index (Phi) is 5.61. The van der Waals surface area contributed by atoms with Crippen molar-refractivity contribution in [3.8, 4) is 5.75 Å². The van der Waals surface area contributed by atoms with Crippen LogP contribution in [0.2, 0.25) is 0 Å². The van der Waals surface area contributed by atoms with E-state index in [0.717, 1.165) is 34.1 Å². The van der Waals surface area contributed by atoms with E-state index in [-0.39, 0.29) is 0 Å². The molecule has 1 saturated carbocycles. The predicted molar refractivity (Wildman–Crippen MR) is 115 cm³/mol. The number of ether oxygens (including phenoxy) is 1. The Morgan fingerprint density at radius 1 is 1.23 bits per heavy atom. The Morgan fingerprint density at radius 2 is 1.97 bits per heavy atom. The van der Waals surface area contributed by atoms with Crippen molar-refractivity contribution < 1.29 is 19.5 Å². The number of para-hydroxylation sites is 1. The van der Waals surface area contributed by atoms with Gasteiger partial charge in [0.25, 0.3) is 0 Å². The van der Waals surface area contributed by atoms with Gasteiger partial charge in [0.05, 0.1) is 16.8 Å². The minimum absolute atomic E-state index is 0.335. The second-order valence-corrected chi connectivity index (χ2v) is 8.01. The van der Waals surface area contributed by atoms with Crippen LogP contribution in [0.5, 0.6) is 5.75 Å². The molecule has 1 aromatic heterocycles. The summed E-state index contributed by atoms with van der Waals surface area (Å²) in [5, 5.41) is 9.91. The number of pyridine rings is 1. The number of hydroxylamine groups is 1. The molecular formula is C24H25N3O4. The van der Waals surface area contributed by atoms with Crippen LogP contribution >= 0.6 is 0 Å². The number of fused-ring (bicyclic) bond motifs is 1. The highest BCUT2D eigenvalue weighted by molar-refractivity contribution is 5.95. The van der Waals surface area contributed by atoms with Crippen LogP contribution in [0.4, 0.5) is 0 Å². The molecule has 1 aliphatic carbocycles. The lowest BCUT2D eigenvalue weighted by Gasteiger charge is -2.14. The quantitative estimate of drug-likeness (QED) is 0.384. The van der Waals surface area contributed by atoms with Crippen molar-refractivity contribution in [3.05, 3.63) is 71.4 Å². The lowest BCUT2D eigenvalue weighted by atomic mass is 9.93. The maximum atomic E-state index is 11.9. The molecule has 4 rings (SSSR count). The summed E-state index contributed by atoms with van der Waals surface area (Å²) in [7, 11) is 0. The molecule has 0 bridgehead atoms. The van der Waals surface area contributed by atoms with Gasteiger partial charge in [-0.25, -0.2) is 5.48 Å². The fourth-order valence-electron chi connectivity index (χ4n) is 4.12. The van der Waals surface area contributed by atoms with Crippen molar-refractivity contribution in [2.75, 3.05) is 0 Å². The number of aromatic nitrogens is 1. The maximum absolute atomic E-state index is 11.9. The molecule has 31 heavy (non-hydrogen) atoms. The fourth-order valence-corrected chi connectivity index (χ4v) is 4.12. The summed E-state index contributed by atoms with van der Waals surface area (Å²) in [5.41, 5.74) is 10.2. The first-order valence-electron chi connectivity index (χ1n) is 10.3. The van der Waals surface area contributed by atoms with Crippen LogP contribution in [0.15, 0.2) is 54.6 Å². The maximum Gasteiger partial charge on any atom is 0.247 e. The summed E-state index contributed by atoms with van der Waals surface area (Å²) in [6, 6.07) is 17.5. The van der Waals surface area contributed by atoms with Gasteiger partial charge in [-0.05, 0) is 49.1 Å². The number of hydrogen-bond donors (Lipinski definition) is 3. The van der Waals surface area contributed by atoms with Crippen molar-refractivity contribution >= 4 is 22.7 Å². The first-order chi connectivity index (χ1) is 15.0. The topological polar surface area (TPSA) is 115 Å². The smallest absolute Gasteiger partial charge is 0.247 e. The Hall–Kier alpha value is -3.45. The lowest BCUT2D eigenvalue weighted by Crippen LogP contribution is -2.33. The molecule has 7 heteroatoms. The minimum Gasteiger partial charge on any atom is -0.489 e. The number of benzene rings is 2. The molecule has 1 fully saturated rings. The summed E-state index contributed by atoms with van der Waals surface area (Å²) in [6.07, 6.45) is 1.53. The van der Waals surface area contributed by atoms with E-state index in [0.29, 0.717) is 25.2 Å². The Labute approximate surface area is 180 Å². The second kappa shape index (κ2) is 8.35. The van der Waals surface area contributed by atoms with Gasteiger partial charge in [-0.2, -0.15) is 0 Å². The summed E-state index contributed by atoms with van der Waals surface area (Å²) >= 11 is 0. The zero-order chi connectivity index (χ0) is 22.0. The van der Waals surface area contributed by atoms with Gasteiger partial charge in [0, 0.05) is 16.6 Å². The molecule has 7 nitrogen and oxygen atoms in total. The zero-order valence-corrected chi connectivity index (χ0v) is 17.3. The van der Waals surface area contributed by atoms with Gasteiger partial charge in [0.2, 0.25) is 11.8 Å². The van der Waals surface area contributed by atoms with Gasteiger partial charge >= 0.3 is 0 Å². The minimum atomic E-state index is -0.943. The fraction of sp³-hybridized carbons (Fsp3) is 0.292. The summed E-state index contributed by atoms with van der Waals surface area (Å²) in [4.78, 5) is 28.3. The van der Waals surface area contributed by atoms with Gasteiger partial charge < -0.3 is 10.5 Å². The highest BCUT2D eigenvalue weighted by atomic mass is 16.5. The van der Waals surface area contributed by atoms with E-state index in [1.54, 1.807) is 5.48 Å². The van der Waals surface area contributed by atoms with Crippen LogP contribution in [-0.4, -0.2) is 22.0 Å². The largest absolute Gasteiger partial charge is 0.489 e. The van der Waals surface area contributed by atoms with E-state index >= 15 is 0 Å². The zero-order valence-electron chi connectivity index (χ0n) is 17.3. The van der Waals surface area contributed by atoms with E-state index in [4.69, 9.17) is 15.7 Å². The normalized spacial score (nSPS) is 19.7. The second-order valence-electron chi connectivity index (χ2n) is 8.01. The number of nitrogens with two attached hydrogens (primary N) is 1. The number of carbonyl (C=O) groups excluding carboxylic acids is 2. The van der Waals surface area contributed by atoms with Crippen LogP contribution in [0.25, 0.3) is 10.9 Å². The van der Waals surface area contributed by atoms with E-state index in [1.165, 1.54) is 0 Å². The lowest BCUT2D eigenvalue weighted by molar-refractivity contribution is -0.134. The third kappa shape index (κ3) is 4.09. The van der Waals surface area contributed by atoms with Crippen LogP contribution in [0.3, 0.4) is 0 Å². The molecule has 1 aliphatic rings. The molecular weight excluding hydrogens is 394 g/mol. The number of amides is 2. The number of hydrogen-bond acceptors (Lipinski definition) is 5. The van der Waals surface area contributed by atoms with Gasteiger partial charge in [-0.1, -0.05) is 37.3 Å². The Morgan fingerprint density at radius 3 is 2.65 bits per heavy atom. The monoisotopic (exact) mass is 419 g/mol. The number of rotatable bonds is 8. The Balaban J connectivity index is 1.46. The molecule has 2 atom stereocenters. The van der Waals surface area contributed by atoms with Gasteiger partial charge in [0.1, 0.15) is 12.4 Å². The van der Waals surface area contributed by atoms with Crippen LogP contribution in [-0.2, 0) is 29.0 Å². The van der Waals surface area contributed by atoms with Crippen LogP contribution < -0.4 is 16.0 Å². The molecule has 0 radical (unpaired) electrons. The van der Waals surface area contributed by atoms with Crippen molar-refractivity contribution in [1.29, 1.82) is 0 Å². The average Bonchev–Trinajstić information content (AvgIpc) is 3.53. The molecule has 0 aliphatic heterocycles. The highest BCUT2D eigenvalue weighted by Gasteiger charge is 2.62. The third-order valence-corrected chi connectivity index (χ3v) is 6.05. The standard InChI is InChI=1S/C24H25N3O4/c1-2-17-11-16(19-5-3-4-6-21(19)26-17)14-31-18-9-7-15(8-10-18)12-24(23(25)29)13-20(24)22(28)27-30/h3-11,20,30H,2,12-14H2,1H3,(H2,25,29)(H,27,28). The predicted octanol–water partition coefficient (Wildman–Crippen LogP) is 2.92. The number of aryl methyl sites for hydroxylation is 1. The summed E-state index contributed by atoms with van der Waals surface area (Å²) in [5.74, 6) is -0.998. The summed E-state index contributed by atoms with van der Waals surface area (Å²) in [6.45, 7) is 2.49. The van der Waals surface area contributed by atoms with E-state index in [2.05, 4.69) is 18.0 Å². The van der Waals surface area contributed by atoms with E-state index in [9.17, 15) is 9.59 Å². The molecule has 0 spiro atoms. The first kappa shape index (κ1) is 20.8. The Bertz CT molecular complexity index is 1130. The van der Waals surface area contributed by atoms with Gasteiger partial charge in [-0.3, -0.25) is 19.8 Å². The summed E-state index contributed by atoms with van der Waals surface area (Å²) < 4.78 is 6.01. The van der Waals surface area contributed by atoms with Crippen LogP contribution in [0.1, 0.15) is 30.2 Å². The molecule has 1 heterocycles. The van der Waals surface area contributed by atoms with Crippen molar-refractivity contribution in [2.45, 2.75) is 32.8 Å².